The van der Waals surface area contributed by atoms with Gasteiger partial charge in [-0.2, -0.15) is 0 Å². The summed E-state index contributed by atoms with van der Waals surface area (Å²) in [6.07, 6.45) is 2.21. The number of nitrogens with zero attached hydrogens (tertiary/aromatic N) is 6. The van der Waals surface area contributed by atoms with Gasteiger partial charge in [0.15, 0.2) is 11.5 Å². The van der Waals surface area contributed by atoms with Gasteiger partial charge >= 0.3 is 0 Å². The Kier molecular flexibility index (Phi) is 8.83. The molecule has 0 atom stereocenters. The summed E-state index contributed by atoms with van der Waals surface area (Å²) < 4.78 is 13.6. The fourth-order valence-corrected chi connectivity index (χ4v) is 5.62. The van der Waals surface area contributed by atoms with Gasteiger partial charge in [-0.05, 0) is 50.7 Å². The molecule has 0 unspecified atom stereocenters. The van der Waals surface area contributed by atoms with E-state index < -0.39 is 6.29 Å². The zero-order valence-corrected chi connectivity index (χ0v) is 25.1. The van der Waals surface area contributed by atoms with E-state index in [4.69, 9.17) is 19.4 Å². The van der Waals surface area contributed by atoms with E-state index in [2.05, 4.69) is 62.4 Å². The van der Waals surface area contributed by atoms with Gasteiger partial charge in [0.25, 0.3) is 0 Å². The number of methoxy groups -OCH3 is 2. The number of imidazole rings is 1. The minimum atomic E-state index is -0.692. The third-order valence-corrected chi connectivity index (χ3v) is 7.85. The van der Waals surface area contributed by atoms with Gasteiger partial charge in [-0.25, -0.2) is 15.1 Å². The summed E-state index contributed by atoms with van der Waals surface area (Å²) in [6.45, 7) is 2.69. The van der Waals surface area contributed by atoms with E-state index in [-0.39, 0.29) is 6.61 Å². The van der Waals surface area contributed by atoms with E-state index >= 15 is 0 Å². The largest absolute Gasteiger partial charge is 0.392 e. The lowest BCUT2D eigenvalue weighted by molar-refractivity contribution is -0.108. The molecule has 0 aliphatic rings. The lowest BCUT2D eigenvalue weighted by Crippen LogP contribution is -2.11. The average molecular weight is 590 g/mol. The summed E-state index contributed by atoms with van der Waals surface area (Å²) in [4.78, 5) is 10.2. The fraction of sp³-hybridized carbons (Fsp3) is 0.265. The van der Waals surface area contributed by atoms with E-state index in [1.54, 1.807) is 14.2 Å². The number of unbranched alkanes of at least 4 members (excludes halogenated alkanes) is 1. The van der Waals surface area contributed by atoms with Crippen molar-refractivity contribution in [3.63, 3.8) is 0 Å². The molecule has 0 spiro atoms. The minimum absolute atomic E-state index is 0.0930. The average Bonchev–Trinajstić information content (AvgIpc) is 3.73. The zero-order chi connectivity index (χ0) is 30.5. The van der Waals surface area contributed by atoms with Crippen LogP contribution in [0.2, 0.25) is 0 Å². The van der Waals surface area contributed by atoms with E-state index in [0.29, 0.717) is 18.1 Å². The number of ether oxygens (including phenoxy) is 2. The molecule has 0 aliphatic carbocycles. The molecule has 6 rings (SSSR count). The predicted octanol–water partition coefficient (Wildman–Crippen LogP) is 6.12. The lowest BCUT2D eigenvalue weighted by atomic mass is 9.98. The van der Waals surface area contributed by atoms with Gasteiger partial charge < -0.3 is 19.1 Å². The molecule has 0 radical (unpaired) electrons. The number of hydrogen-bond donors (Lipinski definition) is 2. The number of aromatic amines is 1. The van der Waals surface area contributed by atoms with Crippen LogP contribution in [0.25, 0.3) is 44.8 Å². The molecule has 2 N–H and O–H groups in total. The van der Waals surface area contributed by atoms with Crippen molar-refractivity contribution in [3.8, 4) is 33.6 Å². The number of aliphatic hydroxyl groups is 1. The zero-order valence-electron chi connectivity index (χ0n) is 25.1. The molecule has 10 nitrogen and oxygen atoms in total. The number of benzene rings is 3. The Bertz CT molecular complexity index is 1850. The second kappa shape index (κ2) is 13.3. The van der Waals surface area contributed by atoms with Crippen molar-refractivity contribution >= 4 is 11.2 Å². The molecule has 0 saturated carbocycles. The van der Waals surface area contributed by atoms with E-state index in [9.17, 15) is 5.11 Å². The van der Waals surface area contributed by atoms with Crippen molar-refractivity contribution in [1.82, 2.24) is 35.2 Å². The van der Waals surface area contributed by atoms with E-state index in [0.717, 1.165) is 75.2 Å². The number of rotatable bonds is 12. The van der Waals surface area contributed by atoms with Gasteiger partial charge in [0.1, 0.15) is 17.0 Å². The standard InChI is InChI=1S/C34H35N7O3/c1-4-5-14-30-35-29-19-28(26-12-7-6-10-24(26)21-42)31(34(43-2)44-3)36-33(29)41(30)20-22-15-17-23(18-16-22)25-11-8-9-13-27(25)32-37-39-40-38-32/h6-13,15-19,34,42H,4-5,14,20-21H2,1-3H3,(H,37,38,39,40). The van der Waals surface area contributed by atoms with Crippen molar-refractivity contribution in [2.24, 2.45) is 0 Å². The van der Waals surface area contributed by atoms with Crippen molar-refractivity contribution in [2.75, 3.05) is 14.2 Å². The van der Waals surface area contributed by atoms with Crippen LogP contribution >= 0.6 is 0 Å². The van der Waals surface area contributed by atoms with Gasteiger partial charge in [0, 0.05) is 31.8 Å². The summed E-state index contributed by atoms with van der Waals surface area (Å²) in [5.41, 5.74) is 8.87. The molecule has 6 aromatic rings. The van der Waals surface area contributed by atoms with Crippen LogP contribution in [-0.4, -0.2) is 54.5 Å². The van der Waals surface area contributed by atoms with Crippen LogP contribution in [0.5, 0.6) is 0 Å². The van der Waals surface area contributed by atoms with E-state index in [1.807, 2.05) is 48.5 Å². The van der Waals surface area contributed by atoms with Crippen molar-refractivity contribution in [3.05, 3.63) is 102 Å². The van der Waals surface area contributed by atoms with Crippen LogP contribution in [0.15, 0.2) is 78.9 Å². The number of fused-ring (bicyclic) bond motifs is 1. The Labute approximate surface area is 255 Å². The summed E-state index contributed by atoms with van der Waals surface area (Å²) >= 11 is 0. The van der Waals surface area contributed by atoms with Gasteiger partial charge in [-0.3, -0.25) is 0 Å². The fourth-order valence-electron chi connectivity index (χ4n) is 5.62. The van der Waals surface area contributed by atoms with Gasteiger partial charge in [-0.1, -0.05) is 86.1 Å². The molecule has 0 amide bonds. The Hall–Kier alpha value is -4.77. The third kappa shape index (κ3) is 5.74. The highest BCUT2D eigenvalue weighted by Gasteiger charge is 2.23. The molecule has 44 heavy (non-hydrogen) atoms. The highest BCUT2D eigenvalue weighted by atomic mass is 16.7. The number of tetrazole rings is 1. The van der Waals surface area contributed by atoms with E-state index in [1.165, 1.54) is 0 Å². The molecule has 3 aromatic carbocycles. The molecule has 3 aromatic heterocycles. The predicted molar refractivity (Wildman–Crippen MR) is 168 cm³/mol. The van der Waals surface area contributed by atoms with Crippen molar-refractivity contribution in [2.45, 2.75) is 45.6 Å². The second-order valence-electron chi connectivity index (χ2n) is 10.6. The first-order chi connectivity index (χ1) is 21.6. The van der Waals surface area contributed by atoms with Crippen LogP contribution in [0.4, 0.5) is 0 Å². The molecule has 0 aliphatic heterocycles. The number of H-pyrrole nitrogens is 1. The Balaban J connectivity index is 1.43. The first kappa shape index (κ1) is 29.3. The minimum Gasteiger partial charge on any atom is -0.392 e. The summed E-state index contributed by atoms with van der Waals surface area (Å²) in [7, 11) is 3.20. The topological polar surface area (TPSA) is 124 Å². The quantitative estimate of drug-likeness (QED) is 0.164. The number of hydrogen-bond acceptors (Lipinski definition) is 8. The normalized spacial score (nSPS) is 11.6. The lowest BCUT2D eigenvalue weighted by Gasteiger charge is -2.19. The first-order valence-corrected chi connectivity index (χ1v) is 14.7. The van der Waals surface area contributed by atoms with Crippen molar-refractivity contribution in [1.29, 1.82) is 0 Å². The summed E-state index contributed by atoms with van der Waals surface area (Å²) in [5, 5.41) is 24.5. The van der Waals surface area contributed by atoms with Crippen LogP contribution in [0.3, 0.4) is 0 Å². The molecule has 224 valence electrons. The first-order valence-electron chi connectivity index (χ1n) is 14.7. The highest BCUT2D eigenvalue weighted by molar-refractivity contribution is 5.82. The maximum absolute atomic E-state index is 10.1. The Morgan fingerprint density at radius 1 is 0.864 bits per heavy atom. The maximum atomic E-state index is 10.1. The number of aromatic nitrogens is 7. The van der Waals surface area contributed by atoms with Crippen LogP contribution in [0.1, 0.15) is 48.7 Å². The molecule has 0 fully saturated rings. The van der Waals surface area contributed by atoms with Gasteiger partial charge in [-0.15, -0.1) is 5.10 Å². The summed E-state index contributed by atoms with van der Waals surface area (Å²) in [6, 6.07) is 26.4. The molecule has 0 bridgehead atoms. The smallest absolute Gasteiger partial charge is 0.201 e. The van der Waals surface area contributed by atoms with Crippen LogP contribution < -0.4 is 0 Å². The Morgan fingerprint density at radius 3 is 2.27 bits per heavy atom. The molecular weight excluding hydrogens is 554 g/mol. The Morgan fingerprint density at radius 2 is 1.59 bits per heavy atom. The van der Waals surface area contributed by atoms with Crippen molar-refractivity contribution < 1.29 is 14.6 Å². The second-order valence-corrected chi connectivity index (χ2v) is 10.6. The monoisotopic (exact) mass is 589 g/mol. The summed E-state index contributed by atoms with van der Waals surface area (Å²) in [5.74, 6) is 1.61. The molecular formula is C34H35N7O3. The third-order valence-electron chi connectivity index (χ3n) is 7.85. The maximum Gasteiger partial charge on any atom is 0.201 e. The highest BCUT2D eigenvalue weighted by Crippen LogP contribution is 2.35. The molecule has 0 saturated heterocycles. The van der Waals surface area contributed by atoms with Gasteiger partial charge in [0.05, 0.1) is 13.2 Å². The number of pyridine rings is 1. The molecule has 3 heterocycles. The SMILES string of the molecule is CCCCc1nc2cc(-c3ccccc3CO)c(C(OC)OC)nc2n1Cc1ccc(-c2ccccc2-c2nnn[nH]2)cc1. The van der Waals surface area contributed by atoms with Crippen LogP contribution in [0, 0.1) is 0 Å². The molecule has 10 heteroatoms. The number of aryl methyl sites for hydroxylation is 1. The van der Waals surface area contributed by atoms with Gasteiger partial charge in [0.2, 0.25) is 6.29 Å². The number of nitrogens with one attached hydrogen (secondary N) is 1. The van der Waals surface area contributed by atoms with Crippen LogP contribution in [-0.2, 0) is 29.0 Å². The number of aliphatic hydroxyl groups excluding tert-OH is 1.